The number of ether oxygens (including phenoxy) is 1. The molecule has 0 spiro atoms. The van der Waals surface area contributed by atoms with E-state index in [2.05, 4.69) is 50.8 Å². The summed E-state index contributed by atoms with van der Waals surface area (Å²) in [4.78, 5) is 31.5. The van der Waals surface area contributed by atoms with Crippen LogP contribution in [0, 0.1) is 5.82 Å². The van der Waals surface area contributed by atoms with E-state index in [0.717, 1.165) is 56.8 Å². The number of alkyl halides is 3. The maximum Gasteiger partial charge on any atom is 0.419 e. The number of carbonyl (C=O) groups is 1. The van der Waals surface area contributed by atoms with Gasteiger partial charge in [0.1, 0.15) is 23.7 Å². The number of anilines is 5. The van der Waals surface area contributed by atoms with Crippen molar-refractivity contribution in [3.05, 3.63) is 72.3 Å². The molecule has 2 N–H and O–H groups in total. The van der Waals surface area contributed by atoms with E-state index in [1.165, 1.54) is 23.5 Å². The van der Waals surface area contributed by atoms with Crippen LogP contribution >= 0.6 is 0 Å². The second-order valence-corrected chi connectivity index (χ2v) is 11.3. The maximum absolute atomic E-state index is 14.0. The molecular formula is C33H39F4N7O3. The van der Waals surface area contributed by atoms with Crippen LogP contribution in [-0.2, 0) is 15.8 Å². The molecule has 14 heteroatoms. The molecule has 5 rings (SSSR count). The zero-order valence-electron chi connectivity index (χ0n) is 26.6. The average molecular weight is 658 g/mol. The highest BCUT2D eigenvalue weighted by atomic mass is 19.4. The minimum Gasteiger partial charge on any atom is -0.494 e. The molecule has 0 radical (unpaired) electrons. The summed E-state index contributed by atoms with van der Waals surface area (Å²) >= 11 is 0. The van der Waals surface area contributed by atoms with Crippen molar-refractivity contribution in [2.24, 2.45) is 0 Å². The van der Waals surface area contributed by atoms with E-state index in [4.69, 9.17) is 9.57 Å². The lowest BCUT2D eigenvalue weighted by Gasteiger charge is -2.39. The number of benzene rings is 2. The molecule has 3 aromatic rings. The molecule has 47 heavy (non-hydrogen) atoms. The predicted octanol–water partition coefficient (Wildman–Crippen LogP) is 6.70. The highest BCUT2D eigenvalue weighted by Gasteiger charge is 2.37. The highest BCUT2D eigenvalue weighted by Crippen LogP contribution is 2.41. The van der Waals surface area contributed by atoms with Gasteiger partial charge in [-0.05, 0) is 55.8 Å². The van der Waals surface area contributed by atoms with Crippen LogP contribution in [0.2, 0.25) is 0 Å². The monoisotopic (exact) mass is 657 g/mol. The summed E-state index contributed by atoms with van der Waals surface area (Å²) in [7, 11) is 1.55. The van der Waals surface area contributed by atoms with Crippen molar-refractivity contribution >= 4 is 34.6 Å². The molecule has 2 aliphatic rings. The van der Waals surface area contributed by atoms with Crippen LogP contribution in [0.25, 0.3) is 0 Å². The third kappa shape index (κ3) is 7.60. The van der Waals surface area contributed by atoms with E-state index >= 15 is 0 Å². The predicted molar refractivity (Wildman–Crippen MR) is 172 cm³/mol. The van der Waals surface area contributed by atoms with Gasteiger partial charge < -0.3 is 25.2 Å². The Morgan fingerprint density at radius 2 is 1.85 bits per heavy atom. The molecule has 252 valence electrons. The first-order valence-electron chi connectivity index (χ1n) is 15.6. The first-order valence-corrected chi connectivity index (χ1v) is 15.6. The second-order valence-electron chi connectivity index (χ2n) is 11.3. The second kappa shape index (κ2) is 14.6. The summed E-state index contributed by atoms with van der Waals surface area (Å²) in [6, 6.07) is 8.01. The lowest BCUT2D eigenvalue weighted by molar-refractivity contribution is -0.140. The van der Waals surface area contributed by atoms with Gasteiger partial charge in [-0.15, -0.1) is 0 Å². The zero-order valence-corrected chi connectivity index (χ0v) is 26.6. The lowest BCUT2D eigenvalue weighted by Crippen LogP contribution is -2.45. The number of piperidine rings is 1. The summed E-state index contributed by atoms with van der Waals surface area (Å²) in [5, 5.41) is 7.54. The van der Waals surface area contributed by atoms with E-state index in [9.17, 15) is 22.4 Å². The fourth-order valence-electron chi connectivity index (χ4n) is 6.23. The van der Waals surface area contributed by atoms with Crippen molar-refractivity contribution in [2.45, 2.75) is 51.4 Å². The molecule has 2 aromatic carbocycles. The molecule has 2 fully saturated rings. The van der Waals surface area contributed by atoms with E-state index in [0.29, 0.717) is 35.4 Å². The molecule has 0 bridgehead atoms. The van der Waals surface area contributed by atoms with Crippen LogP contribution in [0.3, 0.4) is 0 Å². The van der Waals surface area contributed by atoms with Gasteiger partial charge in [-0.3, -0.25) is 9.63 Å². The number of nitrogens with zero attached hydrogens (tertiary/aromatic N) is 5. The number of methoxy groups -OCH3 is 1. The Bertz CT molecular complexity index is 1580. The van der Waals surface area contributed by atoms with Gasteiger partial charge in [0.15, 0.2) is 5.82 Å². The third-order valence-electron chi connectivity index (χ3n) is 8.62. The molecule has 1 atom stereocenters. The van der Waals surface area contributed by atoms with Crippen LogP contribution in [0.1, 0.15) is 50.3 Å². The zero-order chi connectivity index (χ0) is 33.7. The Labute approximate surface area is 271 Å². The normalized spacial score (nSPS) is 17.2. The van der Waals surface area contributed by atoms with Gasteiger partial charge in [0.05, 0.1) is 42.4 Å². The SMILES string of the molecule is C=CC(=O)Nc1cc(Nc2cc(N3OCC[C@@H]3c3ccc(F)c(C(F)(F)F)c3)ncn2)c(OC)cc1N1CCC(N(CC)CC)CC1. The lowest BCUT2D eigenvalue weighted by atomic mass is 10.0. The fraction of sp³-hybridized carbons (Fsp3) is 0.424. The Hall–Kier alpha value is -4.43. The molecule has 10 nitrogen and oxygen atoms in total. The number of rotatable bonds is 11. The quantitative estimate of drug-likeness (QED) is 0.173. The number of hydroxylamine groups is 1. The summed E-state index contributed by atoms with van der Waals surface area (Å²) in [6.07, 6.45) is -0.00544. The fourth-order valence-corrected chi connectivity index (χ4v) is 6.23. The van der Waals surface area contributed by atoms with Gasteiger partial charge in [-0.2, -0.15) is 13.2 Å². The number of halogens is 4. The van der Waals surface area contributed by atoms with Gasteiger partial charge in [-0.25, -0.2) is 19.4 Å². The first-order chi connectivity index (χ1) is 22.6. The number of nitrogens with one attached hydrogen (secondary N) is 2. The van der Waals surface area contributed by atoms with E-state index < -0.39 is 23.6 Å². The molecule has 2 saturated heterocycles. The standard InChI is InChI=1S/C33H39F4N7O3/c1-5-32(45)41-25-17-26(29(46-4)18-28(25)43-13-10-22(11-14-43)42(6-2)7-3)40-30-19-31(39-20-38-30)44-27(12-15-47-44)21-8-9-24(34)23(16-21)33(35,36)37/h5,8-9,16-20,22,27H,1,6-7,10-15H2,2-4H3,(H,41,45)(H,38,39,40)/t27-/m1/s1. The molecular weight excluding hydrogens is 618 g/mol. The van der Waals surface area contributed by atoms with Gasteiger partial charge in [0.2, 0.25) is 5.91 Å². The largest absolute Gasteiger partial charge is 0.494 e. The summed E-state index contributed by atoms with van der Waals surface area (Å²) < 4.78 is 60.0. The smallest absolute Gasteiger partial charge is 0.419 e. The number of aromatic nitrogens is 2. The van der Waals surface area contributed by atoms with Gasteiger partial charge in [0.25, 0.3) is 0 Å². The van der Waals surface area contributed by atoms with Crippen molar-refractivity contribution in [2.75, 3.05) is 60.5 Å². The molecule has 2 aliphatic heterocycles. The number of hydrogen-bond donors (Lipinski definition) is 2. The Morgan fingerprint density at radius 1 is 1.11 bits per heavy atom. The average Bonchev–Trinajstić information content (AvgIpc) is 3.56. The summed E-state index contributed by atoms with van der Waals surface area (Å²) in [5.74, 6) is -0.575. The topological polar surface area (TPSA) is 95.1 Å². The Kier molecular flexibility index (Phi) is 10.5. The van der Waals surface area contributed by atoms with E-state index in [-0.39, 0.29) is 23.9 Å². The van der Waals surface area contributed by atoms with Gasteiger partial charge in [0, 0.05) is 37.7 Å². The highest BCUT2D eigenvalue weighted by molar-refractivity contribution is 6.02. The number of hydrogen-bond acceptors (Lipinski definition) is 9. The summed E-state index contributed by atoms with van der Waals surface area (Å²) in [6.45, 7) is 11.8. The van der Waals surface area contributed by atoms with Crippen molar-refractivity contribution in [1.29, 1.82) is 0 Å². The van der Waals surface area contributed by atoms with Crippen LogP contribution in [0.15, 0.2) is 55.4 Å². The van der Waals surface area contributed by atoms with Crippen molar-refractivity contribution in [3.63, 3.8) is 0 Å². The molecule has 0 saturated carbocycles. The van der Waals surface area contributed by atoms with Crippen LogP contribution in [0.4, 0.5) is 46.3 Å². The minimum atomic E-state index is -4.84. The molecule has 3 heterocycles. The summed E-state index contributed by atoms with van der Waals surface area (Å²) in [5.41, 5.74) is 0.786. The van der Waals surface area contributed by atoms with Crippen molar-refractivity contribution < 1.29 is 31.9 Å². The Balaban J connectivity index is 1.41. The first kappa shape index (κ1) is 33.9. The Morgan fingerprint density at radius 3 is 2.51 bits per heavy atom. The van der Waals surface area contributed by atoms with Crippen LogP contribution < -0.4 is 25.3 Å². The maximum atomic E-state index is 14.0. The number of carbonyl (C=O) groups excluding carboxylic acids is 1. The van der Waals surface area contributed by atoms with Gasteiger partial charge in [-0.1, -0.05) is 26.5 Å². The third-order valence-corrected chi connectivity index (χ3v) is 8.62. The minimum absolute atomic E-state index is 0.226. The molecule has 1 amide bonds. The number of amides is 1. The molecule has 0 aliphatic carbocycles. The van der Waals surface area contributed by atoms with Crippen LogP contribution in [0.5, 0.6) is 5.75 Å². The molecule has 0 unspecified atom stereocenters. The van der Waals surface area contributed by atoms with E-state index in [1.807, 2.05) is 6.07 Å². The van der Waals surface area contributed by atoms with Crippen molar-refractivity contribution in [1.82, 2.24) is 14.9 Å². The van der Waals surface area contributed by atoms with Gasteiger partial charge >= 0.3 is 6.18 Å². The van der Waals surface area contributed by atoms with Crippen LogP contribution in [-0.4, -0.2) is 66.7 Å². The molecule has 1 aromatic heterocycles. The van der Waals surface area contributed by atoms with E-state index in [1.54, 1.807) is 19.2 Å². The van der Waals surface area contributed by atoms with Crippen molar-refractivity contribution in [3.8, 4) is 5.75 Å².